The van der Waals surface area contributed by atoms with Crippen molar-refractivity contribution in [2.75, 3.05) is 6.61 Å². The fourth-order valence-corrected chi connectivity index (χ4v) is 4.48. The Morgan fingerprint density at radius 3 is 1.31 bits per heavy atom. The minimum absolute atomic E-state index is 0.404. The van der Waals surface area contributed by atoms with Gasteiger partial charge in [-0.15, -0.1) is 0 Å². The van der Waals surface area contributed by atoms with Crippen LogP contribution in [0.1, 0.15) is 142 Å². The third-order valence-corrected chi connectivity index (χ3v) is 6.71. The highest BCUT2D eigenvalue weighted by molar-refractivity contribution is 7.86. The maximum atomic E-state index is 11.5. The molecule has 0 fully saturated rings. The van der Waals surface area contributed by atoms with Crippen molar-refractivity contribution in [1.82, 2.24) is 0 Å². The van der Waals surface area contributed by atoms with Crippen molar-refractivity contribution in [1.29, 1.82) is 0 Å². The van der Waals surface area contributed by atoms with Crippen LogP contribution in [0.4, 0.5) is 0 Å². The monoisotopic (exact) mass is 434 g/mol. The van der Waals surface area contributed by atoms with Crippen LogP contribution >= 0.6 is 0 Å². The number of unbranched alkanes of at least 4 members (excludes halogenated alkanes) is 17. The van der Waals surface area contributed by atoms with Gasteiger partial charge in [-0.05, 0) is 19.3 Å². The second-order valence-electron chi connectivity index (χ2n) is 8.61. The van der Waals surface area contributed by atoms with Crippen molar-refractivity contribution >= 4 is 10.1 Å². The Kier molecular flexibility index (Phi) is 21.0. The molecule has 0 saturated heterocycles. The molecular weight excluding hydrogens is 384 g/mol. The fourth-order valence-electron chi connectivity index (χ4n) is 3.74. The molecule has 0 aromatic rings. The summed E-state index contributed by atoms with van der Waals surface area (Å²) in [5.41, 5.74) is -1.04. The van der Waals surface area contributed by atoms with E-state index in [2.05, 4.69) is 13.8 Å². The molecular formula is C24H50O4S. The first-order valence-corrected chi connectivity index (χ1v) is 14.1. The van der Waals surface area contributed by atoms with E-state index in [-0.39, 0.29) is 0 Å². The molecule has 0 bridgehead atoms. The molecule has 4 nitrogen and oxygen atoms in total. The van der Waals surface area contributed by atoms with E-state index >= 15 is 0 Å². The maximum absolute atomic E-state index is 11.5. The van der Waals surface area contributed by atoms with E-state index in [0.29, 0.717) is 13.0 Å². The number of ether oxygens (including phenoxy) is 1. The van der Waals surface area contributed by atoms with Crippen molar-refractivity contribution in [3.63, 3.8) is 0 Å². The zero-order chi connectivity index (χ0) is 21.6. The summed E-state index contributed by atoms with van der Waals surface area (Å²) in [7, 11) is -4.10. The smallest absolute Gasteiger partial charge is 0.292 e. The lowest BCUT2D eigenvalue weighted by Crippen LogP contribution is -2.24. The van der Waals surface area contributed by atoms with Crippen molar-refractivity contribution in [3.8, 4) is 0 Å². The molecule has 0 aliphatic heterocycles. The molecule has 1 atom stereocenters. The summed E-state index contributed by atoms with van der Waals surface area (Å²) in [5.74, 6) is 0. The van der Waals surface area contributed by atoms with Gasteiger partial charge >= 0.3 is 0 Å². The number of rotatable bonds is 23. The van der Waals surface area contributed by atoms with Gasteiger partial charge in [0.15, 0.2) is 5.44 Å². The van der Waals surface area contributed by atoms with Gasteiger partial charge in [0, 0.05) is 6.61 Å². The Morgan fingerprint density at radius 2 is 0.931 bits per heavy atom. The molecule has 0 saturated carbocycles. The standard InChI is InChI=1S/C24H50O4S/c1-3-5-7-9-10-11-12-13-14-15-16-17-19-21-23-28-24(29(25,26)27)22-20-18-8-6-4-2/h24H,3-23H2,1-2H3,(H,25,26,27). The molecule has 0 aromatic heterocycles. The molecule has 0 aromatic carbocycles. The molecule has 1 unspecified atom stereocenters. The first-order valence-electron chi connectivity index (χ1n) is 12.6. The molecule has 1 N–H and O–H groups in total. The first-order chi connectivity index (χ1) is 14.0. The number of hydrogen-bond acceptors (Lipinski definition) is 3. The summed E-state index contributed by atoms with van der Waals surface area (Å²) >= 11 is 0. The third-order valence-electron chi connectivity index (χ3n) is 5.68. The second kappa shape index (κ2) is 21.1. The molecule has 176 valence electrons. The van der Waals surface area contributed by atoms with Crippen molar-refractivity contribution in [2.24, 2.45) is 0 Å². The SMILES string of the molecule is CCCCCCCCCCCCCCCCOC(CCCCCCC)S(=O)(=O)O. The Hall–Kier alpha value is -0.130. The van der Waals surface area contributed by atoms with Crippen molar-refractivity contribution in [3.05, 3.63) is 0 Å². The van der Waals surface area contributed by atoms with E-state index in [1.807, 2.05) is 0 Å². The summed E-state index contributed by atoms with van der Waals surface area (Å²) in [6.45, 7) is 4.85. The lowest BCUT2D eigenvalue weighted by atomic mass is 10.0. The normalized spacial score (nSPS) is 13.1. The summed E-state index contributed by atoms with van der Waals surface area (Å²) in [6, 6.07) is 0. The predicted octanol–water partition coefficient (Wildman–Crippen LogP) is 8.06. The molecule has 0 amide bonds. The second-order valence-corrected chi connectivity index (χ2v) is 10.2. The minimum atomic E-state index is -4.10. The first kappa shape index (κ1) is 28.9. The molecule has 5 heteroatoms. The predicted molar refractivity (Wildman–Crippen MR) is 125 cm³/mol. The Labute approximate surface area is 182 Å². The van der Waals surface area contributed by atoms with Crippen LogP contribution in [0, 0.1) is 0 Å². The zero-order valence-corrected chi connectivity index (χ0v) is 20.3. The van der Waals surface area contributed by atoms with Crippen molar-refractivity contribution < 1.29 is 17.7 Å². The quantitative estimate of drug-likeness (QED) is 0.130. The zero-order valence-electron chi connectivity index (χ0n) is 19.5. The average molecular weight is 435 g/mol. The lowest BCUT2D eigenvalue weighted by Gasteiger charge is -2.15. The van der Waals surface area contributed by atoms with Gasteiger partial charge < -0.3 is 4.74 Å². The van der Waals surface area contributed by atoms with Crippen LogP contribution in [0.25, 0.3) is 0 Å². The van der Waals surface area contributed by atoms with E-state index < -0.39 is 15.6 Å². The Balaban J connectivity index is 3.49. The van der Waals surface area contributed by atoms with Crippen LogP contribution in [-0.2, 0) is 14.9 Å². The van der Waals surface area contributed by atoms with Crippen LogP contribution in [0.3, 0.4) is 0 Å². The van der Waals surface area contributed by atoms with Gasteiger partial charge in [-0.3, -0.25) is 4.55 Å². The molecule has 0 heterocycles. The summed E-state index contributed by atoms with van der Waals surface area (Å²) in [6.07, 6.45) is 23.8. The topological polar surface area (TPSA) is 63.6 Å². The average Bonchev–Trinajstić information content (AvgIpc) is 2.68. The summed E-state index contributed by atoms with van der Waals surface area (Å²) < 4.78 is 37.7. The van der Waals surface area contributed by atoms with Gasteiger partial charge in [-0.2, -0.15) is 8.42 Å². The van der Waals surface area contributed by atoms with Gasteiger partial charge in [0.2, 0.25) is 0 Å². The van der Waals surface area contributed by atoms with Crippen molar-refractivity contribution in [2.45, 2.75) is 148 Å². The highest BCUT2D eigenvalue weighted by Crippen LogP contribution is 2.15. The Morgan fingerprint density at radius 1 is 0.586 bits per heavy atom. The van der Waals surface area contributed by atoms with Gasteiger partial charge in [0.1, 0.15) is 0 Å². The lowest BCUT2D eigenvalue weighted by molar-refractivity contribution is 0.0881. The van der Waals surface area contributed by atoms with Gasteiger partial charge in [-0.25, -0.2) is 0 Å². The van der Waals surface area contributed by atoms with E-state index in [1.54, 1.807) is 0 Å². The molecule has 0 rings (SSSR count). The molecule has 0 aliphatic carbocycles. The van der Waals surface area contributed by atoms with E-state index in [9.17, 15) is 13.0 Å². The van der Waals surface area contributed by atoms with Crippen LogP contribution in [0.5, 0.6) is 0 Å². The number of hydrogen-bond donors (Lipinski definition) is 1. The Bertz CT molecular complexity index is 423. The minimum Gasteiger partial charge on any atom is -0.360 e. The van der Waals surface area contributed by atoms with Gasteiger partial charge in [-0.1, -0.05) is 123 Å². The maximum Gasteiger partial charge on any atom is 0.292 e. The van der Waals surface area contributed by atoms with Gasteiger partial charge in [0.05, 0.1) is 0 Å². The molecule has 0 radical (unpaired) electrons. The third kappa shape index (κ3) is 20.9. The van der Waals surface area contributed by atoms with E-state index in [0.717, 1.165) is 38.5 Å². The molecule has 29 heavy (non-hydrogen) atoms. The molecule has 0 aliphatic rings. The highest BCUT2D eigenvalue weighted by Gasteiger charge is 2.22. The highest BCUT2D eigenvalue weighted by atomic mass is 32.2. The van der Waals surface area contributed by atoms with Crippen LogP contribution in [0.15, 0.2) is 0 Å². The van der Waals surface area contributed by atoms with E-state index in [1.165, 1.54) is 83.5 Å². The fraction of sp³-hybridized carbons (Fsp3) is 1.00. The van der Waals surface area contributed by atoms with E-state index in [4.69, 9.17) is 4.74 Å². The van der Waals surface area contributed by atoms with Crippen LogP contribution in [-0.4, -0.2) is 25.0 Å². The summed E-state index contributed by atoms with van der Waals surface area (Å²) in [4.78, 5) is 0. The molecule has 0 spiro atoms. The van der Waals surface area contributed by atoms with Crippen LogP contribution in [0.2, 0.25) is 0 Å². The largest absolute Gasteiger partial charge is 0.360 e. The van der Waals surface area contributed by atoms with Crippen LogP contribution < -0.4 is 0 Å². The van der Waals surface area contributed by atoms with Gasteiger partial charge in [0.25, 0.3) is 10.1 Å². The summed E-state index contributed by atoms with van der Waals surface area (Å²) in [5, 5.41) is 0.